The molecule has 0 spiro atoms. The van der Waals surface area contributed by atoms with E-state index in [0.29, 0.717) is 5.78 Å². The fourth-order valence-corrected chi connectivity index (χ4v) is 4.27. The number of hydrogen-bond donors (Lipinski definition) is 0. The summed E-state index contributed by atoms with van der Waals surface area (Å²) in [6, 6.07) is 0. The van der Waals surface area contributed by atoms with Gasteiger partial charge in [0.05, 0.1) is 0 Å². The zero-order valence-corrected chi connectivity index (χ0v) is 20.6. The molecule has 0 amide bonds. The van der Waals surface area contributed by atoms with Gasteiger partial charge in [-0.2, -0.15) is 0 Å². The molecule has 1 heteroatoms. The molecule has 0 N–H and O–H groups in total. The Bertz CT molecular complexity index is 309. The second kappa shape index (κ2) is 25.7. The van der Waals surface area contributed by atoms with Gasteiger partial charge in [-0.15, -0.1) is 0 Å². The molecule has 0 bridgehead atoms. The first-order valence-corrected chi connectivity index (χ1v) is 13.8. The van der Waals surface area contributed by atoms with Gasteiger partial charge in [0.2, 0.25) is 0 Å². The Hall–Kier alpha value is -0.330. The van der Waals surface area contributed by atoms with Gasteiger partial charge in [0.1, 0.15) is 5.78 Å². The molecule has 0 aromatic heterocycles. The maximum absolute atomic E-state index is 12.0. The number of unbranched alkanes of at least 4 members (excludes halogenated alkanes) is 21. The van der Waals surface area contributed by atoms with Gasteiger partial charge in [-0.25, -0.2) is 0 Å². The molecule has 0 aromatic carbocycles. The van der Waals surface area contributed by atoms with E-state index in [0.717, 1.165) is 25.7 Å². The Balaban J connectivity index is 3.12. The van der Waals surface area contributed by atoms with Gasteiger partial charge in [-0.05, 0) is 12.8 Å². The average Bonchev–Trinajstić information content (AvgIpc) is 2.72. The topological polar surface area (TPSA) is 17.1 Å². The van der Waals surface area contributed by atoms with Crippen molar-refractivity contribution in [2.45, 2.75) is 174 Å². The third-order valence-corrected chi connectivity index (χ3v) is 6.37. The molecule has 1 nitrogen and oxygen atoms in total. The standard InChI is InChI=1S/C28H56O/c1-3-5-7-9-11-13-14-15-16-17-18-19-21-23-25-27-28(29)26-24-22-20-12-10-8-6-4-2/h3-27H2,1-2H3. The van der Waals surface area contributed by atoms with E-state index in [1.165, 1.54) is 135 Å². The summed E-state index contributed by atoms with van der Waals surface area (Å²) >= 11 is 0. The number of carbonyl (C=O) groups excluding carboxylic acids is 1. The van der Waals surface area contributed by atoms with Crippen molar-refractivity contribution in [1.29, 1.82) is 0 Å². The van der Waals surface area contributed by atoms with E-state index in [9.17, 15) is 4.79 Å². The van der Waals surface area contributed by atoms with Crippen molar-refractivity contribution >= 4 is 5.78 Å². The van der Waals surface area contributed by atoms with Gasteiger partial charge in [0.15, 0.2) is 0 Å². The highest BCUT2D eigenvalue weighted by molar-refractivity contribution is 5.78. The molecule has 0 fully saturated rings. The summed E-state index contributed by atoms with van der Waals surface area (Å²) in [5, 5.41) is 0. The third-order valence-electron chi connectivity index (χ3n) is 6.37. The SMILES string of the molecule is CCCCCCCCCCCCCCCCCC(=O)CCCCCCCCCC. The average molecular weight is 409 g/mol. The molecule has 0 atom stereocenters. The van der Waals surface area contributed by atoms with Crippen LogP contribution in [0.15, 0.2) is 0 Å². The fourth-order valence-electron chi connectivity index (χ4n) is 4.27. The number of hydrogen-bond acceptors (Lipinski definition) is 1. The highest BCUT2D eigenvalue weighted by atomic mass is 16.1. The molecule has 0 unspecified atom stereocenters. The van der Waals surface area contributed by atoms with Gasteiger partial charge in [-0.1, -0.05) is 149 Å². The molecule has 0 rings (SSSR count). The Morgan fingerprint density at radius 2 is 0.552 bits per heavy atom. The molecule has 0 saturated carbocycles. The van der Waals surface area contributed by atoms with E-state index in [1.807, 2.05) is 0 Å². The lowest BCUT2D eigenvalue weighted by atomic mass is 10.0. The van der Waals surface area contributed by atoms with Crippen LogP contribution < -0.4 is 0 Å². The summed E-state index contributed by atoms with van der Waals surface area (Å²) in [5.74, 6) is 0.519. The Morgan fingerprint density at radius 1 is 0.345 bits per heavy atom. The molecule has 0 aromatic rings. The molecular weight excluding hydrogens is 352 g/mol. The maximum Gasteiger partial charge on any atom is 0.132 e. The minimum Gasteiger partial charge on any atom is -0.300 e. The van der Waals surface area contributed by atoms with Gasteiger partial charge in [0, 0.05) is 12.8 Å². The molecule has 0 aliphatic heterocycles. The van der Waals surface area contributed by atoms with Crippen molar-refractivity contribution in [3.05, 3.63) is 0 Å². The lowest BCUT2D eigenvalue weighted by Crippen LogP contribution is -1.97. The minimum absolute atomic E-state index is 0.519. The first-order chi connectivity index (χ1) is 14.3. The van der Waals surface area contributed by atoms with Crippen molar-refractivity contribution in [3.63, 3.8) is 0 Å². The molecule has 0 aliphatic carbocycles. The van der Waals surface area contributed by atoms with Crippen LogP contribution in [0.2, 0.25) is 0 Å². The normalized spacial score (nSPS) is 11.2. The first-order valence-electron chi connectivity index (χ1n) is 13.8. The number of ketones is 1. The van der Waals surface area contributed by atoms with Crippen LogP contribution in [0.5, 0.6) is 0 Å². The van der Waals surface area contributed by atoms with Crippen LogP contribution in [0.3, 0.4) is 0 Å². The molecule has 0 aliphatic rings. The van der Waals surface area contributed by atoms with Crippen molar-refractivity contribution < 1.29 is 4.79 Å². The zero-order valence-electron chi connectivity index (χ0n) is 20.6. The summed E-state index contributed by atoms with van der Waals surface area (Å²) in [4.78, 5) is 12.0. The molecule has 29 heavy (non-hydrogen) atoms. The summed E-state index contributed by atoms with van der Waals surface area (Å²) in [7, 11) is 0. The van der Waals surface area contributed by atoms with Gasteiger partial charge in [-0.3, -0.25) is 4.79 Å². The van der Waals surface area contributed by atoms with E-state index in [-0.39, 0.29) is 0 Å². The Morgan fingerprint density at radius 3 is 0.793 bits per heavy atom. The number of carbonyl (C=O) groups is 1. The van der Waals surface area contributed by atoms with Crippen LogP contribution in [0.1, 0.15) is 174 Å². The lowest BCUT2D eigenvalue weighted by molar-refractivity contribution is -0.119. The van der Waals surface area contributed by atoms with Gasteiger partial charge < -0.3 is 0 Å². The highest BCUT2D eigenvalue weighted by Gasteiger charge is 2.02. The second-order valence-electron chi connectivity index (χ2n) is 9.46. The maximum atomic E-state index is 12.0. The smallest absolute Gasteiger partial charge is 0.132 e. The predicted octanol–water partition coefficient (Wildman–Crippen LogP) is 10.3. The van der Waals surface area contributed by atoms with Crippen LogP contribution in [-0.2, 0) is 4.79 Å². The summed E-state index contributed by atoms with van der Waals surface area (Å²) in [6.07, 6.45) is 33.1. The van der Waals surface area contributed by atoms with Crippen molar-refractivity contribution in [2.75, 3.05) is 0 Å². The number of rotatable bonds is 25. The second-order valence-corrected chi connectivity index (χ2v) is 9.46. The molecule has 0 radical (unpaired) electrons. The van der Waals surface area contributed by atoms with Crippen LogP contribution in [-0.4, -0.2) is 5.78 Å². The lowest BCUT2D eigenvalue weighted by Gasteiger charge is -2.04. The number of Topliss-reactive ketones (excluding diaryl/α,β-unsaturated/α-hetero) is 1. The van der Waals surface area contributed by atoms with Crippen LogP contribution in [0.25, 0.3) is 0 Å². The molecule has 174 valence electrons. The van der Waals surface area contributed by atoms with Gasteiger partial charge >= 0.3 is 0 Å². The van der Waals surface area contributed by atoms with Crippen molar-refractivity contribution in [2.24, 2.45) is 0 Å². The van der Waals surface area contributed by atoms with E-state index in [1.54, 1.807) is 0 Å². The van der Waals surface area contributed by atoms with Crippen LogP contribution >= 0.6 is 0 Å². The quantitative estimate of drug-likeness (QED) is 0.137. The van der Waals surface area contributed by atoms with Crippen LogP contribution in [0, 0.1) is 0 Å². The molecular formula is C28H56O. The fraction of sp³-hybridized carbons (Fsp3) is 0.964. The zero-order chi connectivity index (χ0) is 21.3. The van der Waals surface area contributed by atoms with Crippen LogP contribution in [0.4, 0.5) is 0 Å². The highest BCUT2D eigenvalue weighted by Crippen LogP contribution is 2.15. The predicted molar refractivity (Wildman–Crippen MR) is 132 cm³/mol. The monoisotopic (exact) mass is 408 g/mol. The third kappa shape index (κ3) is 25.6. The summed E-state index contributed by atoms with van der Waals surface area (Å²) < 4.78 is 0. The van der Waals surface area contributed by atoms with Crippen molar-refractivity contribution in [1.82, 2.24) is 0 Å². The Labute approximate surface area is 185 Å². The molecule has 0 saturated heterocycles. The first kappa shape index (κ1) is 28.7. The van der Waals surface area contributed by atoms with Gasteiger partial charge in [0.25, 0.3) is 0 Å². The van der Waals surface area contributed by atoms with Crippen molar-refractivity contribution in [3.8, 4) is 0 Å². The Kier molecular flexibility index (Phi) is 25.4. The minimum atomic E-state index is 0.519. The van der Waals surface area contributed by atoms with E-state index >= 15 is 0 Å². The largest absolute Gasteiger partial charge is 0.300 e. The summed E-state index contributed by atoms with van der Waals surface area (Å²) in [5.41, 5.74) is 0. The van der Waals surface area contributed by atoms with E-state index in [4.69, 9.17) is 0 Å². The summed E-state index contributed by atoms with van der Waals surface area (Å²) in [6.45, 7) is 4.56. The molecule has 0 heterocycles. The van der Waals surface area contributed by atoms with E-state index in [2.05, 4.69) is 13.8 Å². The van der Waals surface area contributed by atoms with E-state index < -0.39 is 0 Å².